The number of carbonyl (C=O) groups excluding carboxylic acids is 1. The maximum atomic E-state index is 14.2. The third-order valence-electron chi connectivity index (χ3n) is 6.44. The number of halogens is 1. The Morgan fingerprint density at radius 3 is 2.70 bits per heavy atom. The van der Waals surface area contributed by atoms with Crippen molar-refractivity contribution in [1.29, 1.82) is 0 Å². The average molecular weight is 523 g/mol. The summed E-state index contributed by atoms with van der Waals surface area (Å²) >= 11 is 1.37. The molecule has 2 aromatic carbocycles. The second-order valence-corrected chi connectivity index (χ2v) is 9.72. The fraction of sp³-hybridized carbons (Fsp3) is 0.286. The van der Waals surface area contributed by atoms with E-state index in [1.165, 1.54) is 24.5 Å². The molecule has 4 aromatic rings. The van der Waals surface area contributed by atoms with Crippen LogP contribution in [0.15, 0.2) is 60.0 Å². The maximum Gasteiger partial charge on any atom is 0.251 e. The molecule has 3 heterocycles. The number of benzene rings is 2. The molecule has 0 aliphatic carbocycles. The van der Waals surface area contributed by atoms with E-state index in [2.05, 4.69) is 5.32 Å². The van der Waals surface area contributed by atoms with Crippen molar-refractivity contribution >= 4 is 27.3 Å². The molecule has 0 atom stereocenters. The lowest BCUT2D eigenvalue weighted by atomic mass is 9.81. The Balaban J connectivity index is 1.33. The monoisotopic (exact) mass is 522 g/mol. The van der Waals surface area contributed by atoms with Crippen LogP contribution in [0.1, 0.15) is 16.1 Å². The molecule has 1 aliphatic rings. The van der Waals surface area contributed by atoms with E-state index in [1.54, 1.807) is 31.4 Å². The Bertz CT molecular complexity index is 1420. The average Bonchev–Trinajstić information content (AvgIpc) is 3.34. The van der Waals surface area contributed by atoms with E-state index in [0.717, 1.165) is 22.3 Å². The number of methoxy groups -OCH3 is 2. The van der Waals surface area contributed by atoms with Gasteiger partial charge in [0.05, 0.1) is 48.4 Å². The van der Waals surface area contributed by atoms with Crippen molar-refractivity contribution in [1.82, 2.24) is 10.3 Å². The summed E-state index contributed by atoms with van der Waals surface area (Å²) in [5, 5.41) is 5.80. The standard InChI is InChI=1S/C28H27FN2O5S/c1-33-11-12-36-23-10-9-18(13-24(23)34-2)27(32)30-15-28(16-35-17-28)25-8-4-7-22(31-25)20-14-37-26-19(20)5-3-6-21(26)29/h3-10,13-14H,11-12,15-17H2,1-2H3,(H,30,32). The van der Waals surface area contributed by atoms with E-state index in [-0.39, 0.29) is 11.7 Å². The Labute approximate surface area is 218 Å². The molecular weight excluding hydrogens is 495 g/mol. The van der Waals surface area contributed by atoms with Crippen molar-refractivity contribution in [3.63, 3.8) is 0 Å². The molecule has 5 rings (SSSR count). The van der Waals surface area contributed by atoms with Crippen molar-refractivity contribution in [3.05, 3.63) is 77.1 Å². The van der Waals surface area contributed by atoms with E-state index >= 15 is 0 Å². The number of hydrogen-bond acceptors (Lipinski definition) is 7. The van der Waals surface area contributed by atoms with Crippen LogP contribution in [0, 0.1) is 5.82 Å². The minimum atomic E-state index is -0.448. The summed E-state index contributed by atoms with van der Waals surface area (Å²) in [4.78, 5) is 17.9. The number of aromatic nitrogens is 1. The zero-order chi connectivity index (χ0) is 25.8. The molecule has 1 amide bonds. The lowest BCUT2D eigenvalue weighted by Gasteiger charge is -2.41. The summed E-state index contributed by atoms with van der Waals surface area (Å²) in [5.41, 5.74) is 2.49. The molecule has 7 nitrogen and oxygen atoms in total. The largest absolute Gasteiger partial charge is 0.493 e. The Morgan fingerprint density at radius 1 is 1.11 bits per heavy atom. The second-order valence-electron chi connectivity index (χ2n) is 8.84. The molecule has 2 aromatic heterocycles. The summed E-state index contributed by atoms with van der Waals surface area (Å²) in [6.07, 6.45) is 0. The first kappa shape index (κ1) is 25.1. The Kier molecular flexibility index (Phi) is 7.36. The number of rotatable bonds is 10. The molecule has 0 radical (unpaired) electrons. The molecule has 37 heavy (non-hydrogen) atoms. The Morgan fingerprint density at radius 2 is 1.95 bits per heavy atom. The molecule has 1 aliphatic heterocycles. The van der Waals surface area contributed by atoms with Crippen LogP contribution in [0.4, 0.5) is 4.39 Å². The van der Waals surface area contributed by atoms with E-state index in [1.807, 2.05) is 29.6 Å². The van der Waals surface area contributed by atoms with Crippen molar-refractivity contribution in [2.45, 2.75) is 5.41 Å². The third kappa shape index (κ3) is 5.02. The molecule has 192 valence electrons. The van der Waals surface area contributed by atoms with Crippen molar-refractivity contribution < 1.29 is 28.1 Å². The highest BCUT2D eigenvalue weighted by Gasteiger charge is 2.42. The molecule has 0 saturated carbocycles. The van der Waals surface area contributed by atoms with Gasteiger partial charge in [0.25, 0.3) is 5.91 Å². The van der Waals surface area contributed by atoms with Crippen LogP contribution >= 0.6 is 11.3 Å². The minimum Gasteiger partial charge on any atom is -0.493 e. The molecule has 0 unspecified atom stereocenters. The van der Waals surface area contributed by atoms with Gasteiger partial charge in [-0.1, -0.05) is 18.2 Å². The van der Waals surface area contributed by atoms with E-state index < -0.39 is 5.41 Å². The van der Waals surface area contributed by atoms with Gasteiger partial charge in [-0.25, -0.2) is 4.39 Å². The van der Waals surface area contributed by atoms with Crippen molar-refractivity contribution in [2.24, 2.45) is 0 Å². The van der Waals surface area contributed by atoms with Gasteiger partial charge >= 0.3 is 0 Å². The smallest absolute Gasteiger partial charge is 0.251 e. The van der Waals surface area contributed by atoms with Gasteiger partial charge in [-0.15, -0.1) is 11.3 Å². The Hall–Kier alpha value is -3.53. The first-order chi connectivity index (χ1) is 18.0. The van der Waals surface area contributed by atoms with Gasteiger partial charge in [0, 0.05) is 35.5 Å². The number of amides is 1. The van der Waals surface area contributed by atoms with Gasteiger partial charge in [0.15, 0.2) is 11.5 Å². The topological polar surface area (TPSA) is 78.9 Å². The second kappa shape index (κ2) is 10.8. The third-order valence-corrected chi connectivity index (χ3v) is 7.44. The van der Waals surface area contributed by atoms with Gasteiger partial charge in [-0.3, -0.25) is 9.78 Å². The number of nitrogens with zero attached hydrogens (tertiary/aromatic N) is 1. The fourth-order valence-electron chi connectivity index (χ4n) is 4.30. The van der Waals surface area contributed by atoms with Crippen LogP contribution in [0.3, 0.4) is 0 Å². The summed E-state index contributed by atoms with van der Waals surface area (Å²) < 4.78 is 36.5. The van der Waals surface area contributed by atoms with Crippen LogP contribution in [-0.2, 0) is 14.9 Å². The highest BCUT2D eigenvalue weighted by Crippen LogP contribution is 2.37. The molecule has 1 fully saturated rings. The zero-order valence-electron chi connectivity index (χ0n) is 20.6. The lowest BCUT2D eigenvalue weighted by Crippen LogP contribution is -2.54. The highest BCUT2D eigenvalue weighted by molar-refractivity contribution is 7.17. The molecular formula is C28H27FN2O5S. The van der Waals surface area contributed by atoms with Crippen LogP contribution in [0.25, 0.3) is 21.3 Å². The van der Waals surface area contributed by atoms with E-state index in [0.29, 0.717) is 54.7 Å². The summed E-state index contributed by atoms with van der Waals surface area (Å²) in [5.74, 6) is 0.548. The van der Waals surface area contributed by atoms with Crippen LogP contribution in [0.5, 0.6) is 11.5 Å². The van der Waals surface area contributed by atoms with Crippen LogP contribution < -0.4 is 14.8 Å². The fourth-order valence-corrected chi connectivity index (χ4v) is 5.27. The number of nitrogens with one attached hydrogen (secondary N) is 1. The number of hydrogen-bond donors (Lipinski definition) is 1. The SMILES string of the molecule is COCCOc1ccc(C(=O)NCC2(c3cccc(-c4csc5c(F)cccc45)n3)COC2)cc1OC. The van der Waals surface area contributed by atoms with Crippen molar-refractivity contribution in [3.8, 4) is 22.8 Å². The highest BCUT2D eigenvalue weighted by atomic mass is 32.1. The van der Waals surface area contributed by atoms with Gasteiger partial charge in [0.2, 0.25) is 0 Å². The normalized spacial score (nSPS) is 14.2. The number of fused-ring (bicyclic) bond motifs is 1. The molecule has 0 bridgehead atoms. The van der Waals surface area contributed by atoms with E-state index in [9.17, 15) is 9.18 Å². The molecule has 0 spiro atoms. The summed E-state index contributed by atoms with van der Waals surface area (Å²) in [6, 6.07) is 16.0. The first-order valence-corrected chi connectivity index (χ1v) is 12.7. The number of ether oxygens (including phenoxy) is 4. The maximum absolute atomic E-state index is 14.2. The van der Waals surface area contributed by atoms with Gasteiger partial charge < -0.3 is 24.3 Å². The summed E-state index contributed by atoms with van der Waals surface area (Å²) in [6.45, 7) is 2.07. The number of thiophene rings is 1. The predicted octanol–water partition coefficient (Wildman–Crippen LogP) is 4.83. The number of carbonyl (C=O) groups is 1. The molecule has 1 saturated heterocycles. The van der Waals surface area contributed by atoms with Crippen LogP contribution in [0.2, 0.25) is 0 Å². The van der Waals surface area contributed by atoms with Gasteiger partial charge in [-0.2, -0.15) is 0 Å². The van der Waals surface area contributed by atoms with Crippen LogP contribution in [-0.4, -0.2) is 58.1 Å². The quantitative estimate of drug-likeness (QED) is 0.301. The summed E-state index contributed by atoms with van der Waals surface area (Å²) in [7, 11) is 3.13. The lowest BCUT2D eigenvalue weighted by molar-refractivity contribution is -0.0600. The zero-order valence-corrected chi connectivity index (χ0v) is 21.4. The van der Waals surface area contributed by atoms with Crippen molar-refractivity contribution in [2.75, 3.05) is 47.2 Å². The van der Waals surface area contributed by atoms with E-state index in [4.69, 9.17) is 23.9 Å². The minimum absolute atomic E-state index is 0.233. The first-order valence-electron chi connectivity index (χ1n) is 11.8. The molecule has 1 N–H and O–H groups in total. The van der Waals surface area contributed by atoms with Gasteiger partial charge in [-0.05, 0) is 36.4 Å². The predicted molar refractivity (Wildman–Crippen MR) is 140 cm³/mol. The number of pyridine rings is 1. The molecule has 9 heteroatoms. The van der Waals surface area contributed by atoms with Gasteiger partial charge in [0.1, 0.15) is 12.4 Å².